The Kier molecular flexibility index (Phi) is 4.67. The van der Waals surface area contributed by atoms with E-state index in [1.54, 1.807) is 19.1 Å². The lowest BCUT2D eigenvalue weighted by molar-refractivity contribution is -0.267. The average Bonchev–Trinajstić information content (AvgIpc) is 2.52. The average molecular weight is 371 g/mol. The predicted octanol–water partition coefficient (Wildman–Crippen LogP) is 2.76. The van der Waals surface area contributed by atoms with E-state index in [9.17, 15) is 23.1 Å². The maximum Gasteiger partial charge on any atom is 0.420 e. The van der Waals surface area contributed by atoms with E-state index in [4.69, 9.17) is 0 Å². The van der Waals surface area contributed by atoms with Crippen molar-refractivity contribution in [3.05, 3.63) is 23.4 Å². The zero-order valence-electron chi connectivity index (χ0n) is 15.2. The molecule has 26 heavy (non-hydrogen) atoms. The maximum atomic E-state index is 12.9. The second-order valence-corrected chi connectivity index (χ2v) is 7.68. The number of hydrogen-bond acceptors (Lipinski definition) is 4. The Morgan fingerprint density at radius 2 is 1.92 bits per heavy atom. The molecule has 0 aromatic carbocycles. The minimum atomic E-state index is -4.66. The van der Waals surface area contributed by atoms with Crippen LogP contribution in [0.1, 0.15) is 42.7 Å². The van der Waals surface area contributed by atoms with Gasteiger partial charge in [-0.1, -0.05) is 6.92 Å². The highest BCUT2D eigenvalue weighted by atomic mass is 19.4. The summed E-state index contributed by atoms with van der Waals surface area (Å²) in [4.78, 5) is 20.4. The van der Waals surface area contributed by atoms with E-state index in [-0.39, 0.29) is 11.9 Å². The first-order valence-electron chi connectivity index (χ1n) is 8.84. The van der Waals surface area contributed by atoms with Crippen LogP contribution in [0.4, 0.5) is 19.0 Å². The van der Waals surface area contributed by atoms with Crippen LogP contribution in [0.2, 0.25) is 0 Å². The van der Waals surface area contributed by atoms with E-state index < -0.39 is 24.9 Å². The fraction of sp³-hybridized carbons (Fsp3) is 0.667. The molecule has 2 aliphatic heterocycles. The summed E-state index contributed by atoms with van der Waals surface area (Å²) in [6, 6.07) is 3.33. The molecule has 0 spiro atoms. The number of amides is 1. The molecule has 0 saturated carbocycles. The van der Waals surface area contributed by atoms with Crippen LogP contribution < -0.4 is 4.90 Å². The van der Waals surface area contributed by atoms with Gasteiger partial charge in [0.15, 0.2) is 5.60 Å². The molecular weight excluding hydrogens is 347 g/mol. The van der Waals surface area contributed by atoms with Crippen molar-refractivity contribution >= 4 is 11.7 Å². The van der Waals surface area contributed by atoms with Gasteiger partial charge in [0.25, 0.3) is 5.91 Å². The topological polar surface area (TPSA) is 56.7 Å². The van der Waals surface area contributed by atoms with E-state index in [1.165, 1.54) is 4.90 Å². The maximum absolute atomic E-state index is 12.9. The largest absolute Gasteiger partial charge is 0.420 e. The molecule has 2 fully saturated rings. The monoisotopic (exact) mass is 371 g/mol. The van der Waals surface area contributed by atoms with Crippen molar-refractivity contribution in [3.63, 3.8) is 0 Å². The van der Waals surface area contributed by atoms with E-state index in [1.807, 2.05) is 11.8 Å². The summed E-state index contributed by atoms with van der Waals surface area (Å²) in [5.74, 6) is 0.702. The standard InChI is InChI=1S/C18H24F3N3O2/c1-11-4-5-12(2)24(8-11)16(25)14-6-7-15(22-13(14)3)23-9-17(26,10-23)18(19,20)21/h6-7,11-12,26H,4-5,8-10H2,1-3H3/t11-,12+/m1/s1. The molecule has 144 valence electrons. The van der Waals surface area contributed by atoms with Crippen molar-refractivity contribution in [3.8, 4) is 0 Å². The number of carbonyl (C=O) groups is 1. The summed E-state index contributed by atoms with van der Waals surface area (Å²) < 4.78 is 38.3. The third kappa shape index (κ3) is 3.26. The van der Waals surface area contributed by atoms with Crippen LogP contribution in [0, 0.1) is 12.8 Å². The van der Waals surface area contributed by atoms with Gasteiger partial charge in [-0.15, -0.1) is 0 Å². The van der Waals surface area contributed by atoms with Crippen molar-refractivity contribution in [2.45, 2.75) is 51.4 Å². The molecule has 0 radical (unpaired) electrons. The summed E-state index contributed by atoms with van der Waals surface area (Å²) >= 11 is 0. The van der Waals surface area contributed by atoms with Crippen molar-refractivity contribution < 1.29 is 23.1 Å². The molecule has 3 heterocycles. The van der Waals surface area contributed by atoms with E-state index in [2.05, 4.69) is 11.9 Å². The fourth-order valence-corrected chi connectivity index (χ4v) is 3.60. The third-order valence-corrected chi connectivity index (χ3v) is 5.44. The van der Waals surface area contributed by atoms with Crippen molar-refractivity contribution in [2.24, 2.45) is 5.92 Å². The fourth-order valence-electron chi connectivity index (χ4n) is 3.60. The first-order chi connectivity index (χ1) is 12.0. The number of aliphatic hydroxyl groups is 1. The Morgan fingerprint density at radius 1 is 1.27 bits per heavy atom. The zero-order valence-corrected chi connectivity index (χ0v) is 15.2. The summed E-state index contributed by atoms with van der Waals surface area (Å²) in [7, 11) is 0. The Balaban J connectivity index is 1.74. The molecule has 2 saturated heterocycles. The molecule has 1 N–H and O–H groups in total. The van der Waals surface area contributed by atoms with Crippen LogP contribution in [0.3, 0.4) is 0 Å². The van der Waals surface area contributed by atoms with Gasteiger partial charge in [-0.2, -0.15) is 13.2 Å². The molecule has 2 aliphatic rings. The number of piperidine rings is 1. The number of likely N-dealkylation sites (tertiary alicyclic amines) is 1. The molecule has 5 nitrogen and oxygen atoms in total. The molecule has 1 aromatic heterocycles. The van der Waals surface area contributed by atoms with Gasteiger partial charge in [0.1, 0.15) is 5.82 Å². The van der Waals surface area contributed by atoms with E-state index in [0.29, 0.717) is 29.5 Å². The smallest absolute Gasteiger partial charge is 0.378 e. The van der Waals surface area contributed by atoms with E-state index >= 15 is 0 Å². The summed E-state index contributed by atoms with van der Waals surface area (Å²) in [6.07, 6.45) is -2.60. The van der Waals surface area contributed by atoms with Gasteiger partial charge in [-0.3, -0.25) is 4.79 Å². The highest BCUT2D eigenvalue weighted by Crippen LogP contribution is 2.39. The van der Waals surface area contributed by atoms with Crippen LogP contribution in [-0.2, 0) is 0 Å². The highest BCUT2D eigenvalue weighted by molar-refractivity contribution is 5.95. The van der Waals surface area contributed by atoms with Crippen LogP contribution in [0.15, 0.2) is 12.1 Å². The number of nitrogens with zero attached hydrogens (tertiary/aromatic N) is 3. The first kappa shape index (κ1) is 18.9. The molecule has 3 rings (SSSR count). The lowest BCUT2D eigenvalue weighted by atomic mass is 9.93. The van der Waals surface area contributed by atoms with Crippen LogP contribution in [-0.4, -0.2) is 58.4 Å². The number of carbonyl (C=O) groups excluding carboxylic acids is 1. The molecule has 0 bridgehead atoms. The quantitative estimate of drug-likeness (QED) is 0.869. The SMILES string of the molecule is Cc1nc(N2CC(O)(C(F)(F)F)C2)ccc1C(=O)N1C[C@H](C)CC[C@@H]1C. The molecule has 2 atom stereocenters. The Bertz CT molecular complexity index is 701. The van der Waals surface area contributed by atoms with Crippen LogP contribution >= 0.6 is 0 Å². The van der Waals surface area contributed by atoms with Gasteiger partial charge in [0.2, 0.25) is 0 Å². The highest BCUT2D eigenvalue weighted by Gasteiger charge is 2.61. The predicted molar refractivity (Wildman–Crippen MR) is 91.1 cm³/mol. The van der Waals surface area contributed by atoms with Crippen molar-refractivity contribution in [1.82, 2.24) is 9.88 Å². The molecule has 1 aromatic rings. The molecule has 1 amide bonds. The van der Waals surface area contributed by atoms with Crippen molar-refractivity contribution in [1.29, 1.82) is 0 Å². The lowest BCUT2D eigenvalue weighted by Crippen LogP contribution is -2.69. The van der Waals surface area contributed by atoms with Gasteiger partial charge in [-0.05, 0) is 44.7 Å². The molecule has 0 unspecified atom stereocenters. The lowest BCUT2D eigenvalue weighted by Gasteiger charge is -2.47. The zero-order chi connectivity index (χ0) is 19.3. The van der Waals surface area contributed by atoms with Crippen LogP contribution in [0.25, 0.3) is 0 Å². The molecular formula is C18H24F3N3O2. The normalized spacial score (nSPS) is 25.8. The van der Waals surface area contributed by atoms with Gasteiger partial charge >= 0.3 is 6.18 Å². The minimum absolute atomic E-state index is 0.0870. The number of β-amino-alcohol motifs (C(OH)–C–C–N with tert-alkyl or cyclic N) is 1. The number of halogens is 3. The van der Waals surface area contributed by atoms with Gasteiger partial charge in [-0.25, -0.2) is 4.98 Å². The Morgan fingerprint density at radius 3 is 2.50 bits per heavy atom. The second-order valence-electron chi connectivity index (χ2n) is 7.68. The number of alkyl halides is 3. The Hall–Kier alpha value is -1.83. The number of hydrogen-bond donors (Lipinski definition) is 1. The van der Waals surface area contributed by atoms with Crippen LogP contribution in [0.5, 0.6) is 0 Å². The number of pyridine rings is 1. The van der Waals surface area contributed by atoms with Crippen molar-refractivity contribution in [2.75, 3.05) is 24.5 Å². The molecule has 8 heteroatoms. The number of aryl methyl sites for hydroxylation is 1. The summed E-state index contributed by atoms with van der Waals surface area (Å²) in [6.45, 7) is 5.44. The van der Waals surface area contributed by atoms with Gasteiger partial charge in [0.05, 0.1) is 24.3 Å². The Labute approximate surface area is 150 Å². The summed E-state index contributed by atoms with van der Waals surface area (Å²) in [5, 5.41) is 9.56. The van der Waals surface area contributed by atoms with Gasteiger partial charge < -0.3 is 14.9 Å². The van der Waals surface area contributed by atoms with E-state index in [0.717, 1.165) is 12.8 Å². The second kappa shape index (κ2) is 6.40. The number of rotatable bonds is 2. The minimum Gasteiger partial charge on any atom is -0.378 e. The van der Waals surface area contributed by atoms with Gasteiger partial charge in [0, 0.05) is 12.6 Å². The number of anilines is 1. The molecule has 0 aliphatic carbocycles. The first-order valence-corrected chi connectivity index (χ1v) is 8.84. The summed E-state index contributed by atoms with van der Waals surface area (Å²) in [5.41, 5.74) is -1.72. The number of aromatic nitrogens is 1. The third-order valence-electron chi connectivity index (χ3n) is 5.44.